The third-order valence-electron chi connectivity index (χ3n) is 5.47. The molecule has 216 valence electrons. The predicted octanol–water partition coefficient (Wildman–Crippen LogP) is 0.0957. The monoisotopic (exact) mass is 598 g/mol. The summed E-state index contributed by atoms with van der Waals surface area (Å²) in [4.78, 5) is 36.6. The van der Waals surface area contributed by atoms with Crippen molar-refractivity contribution in [1.82, 2.24) is 5.32 Å². The van der Waals surface area contributed by atoms with E-state index in [9.17, 15) is 40.3 Å². The summed E-state index contributed by atoms with van der Waals surface area (Å²) in [6.45, 7) is 2.20. The molecule has 16 heteroatoms. The number of hydrogen-bond acceptors (Lipinski definition) is 10. The van der Waals surface area contributed by atoms with E-state index in [1.54, 1.807) is 37.3 Å². The molecule has 5 N–H and O–H groups in total. The van der Waals surface area contributed by atoms with Crippen LogP contribution in [-0.2, 0) is 62.3 Å². The average Bonchev–Trinajstić information content (AvgIpc) is 2.83. The first-order chi connectivity index (χ1) is 17.6. The SMILES string of the molecule is CCC(=O)OC(C)OC(=O)CNC(=O)C(Cc1ccccc1)CC(C(N)CCS(C)(=O)=O)(S(=O)O)S(=O)O. The van der Waals surface area contributed by atoms with Gasteiger partial charge in [-0.05, 0) is 24.8 Å². The topological polar surface area (TPSA) is 216 Å². The first-order valence-corrected chi connectivity index (χ1v) is 15.8. The molecule has 5 unspecified atom stereocenters. The van der Waals surface area contributed by atoms with E-state index < -0.39 is 97.3 Å². The summed E-state index contributed by atoms with van der Waals surface area (Å²) in [6.07, 6.45) is -1.40. The van der Waals surface area contributed by atoms with Crippen molar-refractivity contribution in [3.63, 3.8) is 0 Å². The van der Waals surface area contributed by atoms with Crippen LogP contribution < -0.4 is 11.1 Å². The lowest BCUT2D eigenvalue weighted by Crippen LogP contribution is -2.57. The minimum atomic E-state index is -3.57. The van der Waals surface area contributed by atoms with Crippen LogP contribution in [0, 0.1) is 5.92 Å². The second-order valence-corrected chi connectivity index (χ2v) is 13.5. The molecule has 0 fully saturated rings. The Kier molecular flexibility index (Phi) is 13.7. The predicted molar refractivity (Wildman–Crippen MR) is 140 cm³/mol. The molecule has 0 aliphatic heterocycles. The fraction of sp³-hybridized carbons (Fsp3) is 0.591. The number of nitrogens with one attached hydrogen (secondary N) is 1. The molecular formula is C22H34N2O11S3. The summed E-state index contributed by atoms with van der Waals surface area (Å²) in [5.74, 6) is -4.13. The zero-order valence-electron chi connectivity index (χ0n) is 21.2. The minimum Gasteiger partial charge on any atom is -0.425 e. The fourth-order valence-corrected chi connectivity index (χ4v) is 6.11. The molecule has 0 aromatic heterocycles. The Morgan fingerprint density at radius 1 is 1.08 bits per heavy atom. The molecule has 1 rings (SSSR count). The quantitative estimate of drug-likeness (QED) is 0.113. The van der Waals surface area contributed by atoms with E-state index in [0.717, 1.165) is 6.26 Å². The number of sulfone groups is 1. The van der Waals surface area contributed by atoms with Crippen LogP contribution in [0.1, 0.15) is 38.7 Å². The lowest BCUT2D eigenvalue weighted by Gasteiger charge is -2.35. The third-order valence-corrected chi connectivity index (χ3v) is 9.43. The zero-order chi connectivity index (χ0) is 29.1. The molecule has 38 heavy (non-hydrogen) atoms. The highest BCUT2D eigenvalue weighted by molar-refractivity contribution is 7.99. The molecule has 0 heterocycles. The van der Waals surface area contributed by atoms with Crippen molar-refractivity contribution in [2.45, 2.75) is 55.9 Å². The van der Waals surface area contributed by atoms with Gasteiger partial charge in [0.05, 0.1) is 5.75 Å². The van der Waals surface area contributed by atoms with Gasteiger partial charge in [-0.3, -0.25) is 14.4 Å². The van der Waals surface area contributed by atoms with E-state index in [1.807, 2.05) is 0 Å². The number of esters is 2. The summed E-state index contributed by atoms with van der Waals surface area (Å²) in [5.41, 5.74) is 6.61. The van der Waals surface area contributed by atoms with Gasteiger partial charge in [-0.2, -0.15) is 0 Å². The maximum Gasteiger partial charge on any atom is 0.328 e. The van der Waals surface area contributed by atoms with Crippen LogP contribution in [-0.4, -0.2) is 78.8 Å². The van der Waals surface area contributed by atoms with Gasteiger partial charge in [0.1, 0.15) is 16.4 Å². The summed E-state index contributed by atoms with van der Waals surface area (Å²) in [7, 11) is -3.57. The highest BCUT2D eigenvalue weighted by Gasteiger charge is 2.51. The smallest absolute Gasteiger partial charge is 0.328 e. The Balaban J connectivity index is 3.19. The Labute approximate surface area is 226 Å². The van der Waals surface area contributed by atoms with Gasteiger partial charge in [0.15, 0.2) is 26.2 Å². The molecule has 0 spiro atoms. The van der Waals surface area contributed by atoms with Crippen LogP contribution in [0.15, 0.2) is 30.3 Å². The number of carbonyl (C=O) groups is 3. The van der Waals surface area contributed by atoms with Gasteiger partial charge in [0.25, 0.3) is 0 Å². The van der Waals surface area contributed by atoms with Crippen molar-refractivity contribution < 1.29 is 49.8 Å². The molecule has 0 saturated heterocycles. The number of amides is 1. The Morgan fingerprint density at radius 2 is 1.63 bits per heavy atom. The summed E-state index contributed by atoms with van der Waals surface area (Å²) in [6, 6.07) is 6.85. The van der Waals surface area contributed by atoms with Crippen LogP contribution >= 0.6 is 0 Å². The Morgan fingerprint density at radius 3 is 2.13 bits per heavy atom. The molecule has 0 saturated carbocycles. The fourth-order valence-electron chi connectivity index (χ4n) is 3.50. The van der Waals surface area contributed by atoms with E-state index in [0.29, 0.717) is 5.56 Å². The van der Waals surface area contributed by atoms with Crippen molar-refractivity contribution in [2.24, 2.45) is 11.7 Å². The minimum absolute atomic E-state index is 0.0618. The van der Waals surface area contributed by atoms with Crippen LogP contribution in [0.3, 0.4) is 0 Å². The van der Waals surface area contributed by atoms with E-state index in [4.69, 9.17) is 15.2 Å². The first kappa shape index (κ1) is 33.8. The number of nitrogens with two attached hydrogens (primary N) is 1. The van der Waals surface area contributed by atoms with E-state index in [-0.39, 0.29) is 12.8 Å². The first-order valence-electron chi connectivity index (χ1n) is 11.5. The zero-order valence-corrected chi connectivity index (χ0v) is 23.7. The molecule has 0 aliphatic rings. The highest BCUT2D eigenvalue weighted by Crippen LogP contribution is 2.33. The summed E-state index contributed by atoms with van der Waals surface area (Å²) < 4.78 is 75.5. The third kappa shape index (κ3) is 10.9. The lowest BCUT2D eigenvalue weighted by molar-refractivity contribution is -0.183. The molecule has 1 aromatic carbocycles. The van der Waals surface area contributed by atoms with Crippen LogP contribution in [0.4, 0.5) is 0 Å². The van der Waals surface area contributed by atoms with Gasteiger partial charge in [-0.15, -0.1) is 0 Å². The van der Waals surface area contributed by atoms with Gasteiger partial charge in [-0.25, -0.2) is 16.8 Å². The van der Waals surface area contributed by atoms with Gasteiger partial charge in [0, 0.05) is 31.6 Å². The van der Waals surface area contributed by atoms with Crippen LogP contribution in [0.5, 0.6) is 0 Å². The molecule has 13 nitrogen and oxygen atoms in total. The van der Waals surface area contributed by atoms with E-state index in [2.05, 4.69) is 5.32 Å². The van der Waals surface area contributed by atoms with Crippen molar-refractivity contribution in [3.8, 4) is 0 Å². The Bertz CT molecular complexity index is 1100. The van der Waals surface area contributed by atoms with Gasteiger partial charge in [0.2, 0.25) is 12.2 Å². The number of hydrogen-bond donors (Lipinski definition) is 4. The molecule has 0 aliphatic carbocycles. The molecule has 0 bridgehead atoms. The van der Waals surface area contributed by atoms with Crippen molar-refractivity contribution >= 4 is 49.8 Å². The summed E-state index contributed by atoms with van der Waals surface area (Å²) >= 11 is -6.13. The van der Waals surface area contributed by atoms with Crippen molar-refractivity contribution in [1.29, 1.82) is 0 Å². The molecule has 1 amide bonds. The lowest BCUT2D eigenvalue weighted by atomic mass is 9.91. The molecule has 0 radical (unpaired) electrons. The number of ether oxygens (including phenoxy) is 2. The van der Waals surface area contributed by atoms with Crippen molar-refractivity contribution in [3.05, 3.63) is 35.9 Å². The Hall–Kier alpha value is -2.24. The van der Waals surface area contributed by atoms with E-state index >= 15 is 0 Å². The standard InChI is InChI=1S/C22H34N2O11S3/c1-4-19(25)34-15(2)35-20(26)14-24-21(27)17(12-16-8-6-5-7-9-16)13-22(36(28)29,37(30)31)18(23)10-11-38(3,32)33/h5-9,15,17-18H,4,10-14,23H2,1-3H3,(H,24,27)(H,28,29)(H,30,31). The maximum absolute atomic E-state index is 13.1. The normalized spacial score (nSPS) is 17.2. The van der Waals surface area contributed by atoms with Crippen LogP contribution in [0.25, 0.3) is 0 Å². The highest BCUT2D eigenvalue weighted by atomic mass is 32.3. The molecule has 1 aromatic rings. The second-order valence-electron chi connectivity index (χ2n) is 8.54. The van der Waals surface area contributed by atoms with Gasteiger partial charge < -0.3 is 29.6 Å². The van der Waals surface area contributed by atoms with Crippen LogP contribution in [0.2, 0.25) is 0 Å². The summed E-state index contributed by atoms with van der Waals surface area (Å²) in [5, 5.41) is 2.32. The van der Waals surface area contributed by atoms with E-state index in [1.165, 1.54) is 6.92 Å². The number of benzene rings is 1. The average molecular weight is 599 g/mol. The number of rotatable bonds is 16. The molecule has 5 atom stereocenters. The largest absolute Gasteiger partial charge is 0.425 e. The van der Waals surface area contributed by atoms with Gasteiger partial charge >= 0.3 is 11.9 Å². The molecular weight excluding hydrogens is 564 g/mol. The number of carbonyl (C=O) groups excluding carboxylic acids is 3. The van der Waals surface area contributed by atoms with Crippen molar-refractivity contribution in [2.75, 3.05) is 18.6 Å². The maximum atomic E-state index is 13.1. The second kappa shape index (κ2) is 15.4. The van der Waals surface area contributed by atoms with Gasteiger partial charge in [-0.1, -0.05) is 37.3 Å².